The Hall–Kier alpha value is -1.98. The summed E-state index contributed by atoms with van der Waals surface area (Å²) in [4.78, 5) is 25.3. The SMILES string of the molecule is CC(=O)N1CCN(S(=O)(=O)c2ccc(N3C(=O)C(C)CS3(=O)=O)cc2C)CC1. The van der Waals surface area contributed by atoms with Gasteiger partial charge in [-0.05, 0) is 30.7 Å². The number of hydrogen-bond donors (Lipinski definition) is 0. The minimum atomic E-state index is -3.79. The Bertz CT molecular complexity index is 1030. The number of amides is 2. The number of carbonyl (C=O) groups is 2. The van der Waals surface area contributed by atoms with Crippen molar-refractivity contribution >= 4 is 37.5 Å². The van der Waals surface area contributed by atoms with E-state index >= 15 is 0 Å². The predicted octanol–water partition coefficient (Wildman–Crippen LogP) is 0.160. The van der Waals surface area contributed by atoms with E-state index < -0.39 is 31.9 Å². The molecule has 1 aromatic carbocycles. The monoisotopic (exact) mass is 429 g/mol. The van der Waals surface area contributed by atoms with Crippen LogP contribution in [0, 0.1) is 12.8 Å². The van der Waals surface area contributed by atoms with Crippen molar-refractivity contribution in [1.29, 1.82) is 0 Å². The smallest absolute Gasteiger partial charge is 0.244 e. The minimum Gasteiger partial charge on any atom is -0.340 e. The van der Waals surface area contributed by atoms with Crippen molar-refractivity contribution in [3.63, 3.8) is 0 Å². The molecule has 1 aromatic rings. The third kappa shape index (κ3) is 3.53. The first-order valence-corrected chi connectivity index (χ1v) is 11.9. The van der Waals surface area contributed by atoms with E-state index in [2.05, 4.69) is 0 Å². The van der Waals surface area contributed by atoms with Gasteiger partial charge in [-0.2, -0.15) is 4.31 Å². The summed E-state index contributed by atoms with van der Waals surface area (Å²) in [5.74, 6) is -1.50. The lowest BCUT2D eigenvalue weighted by atomic mass is 10.2. The zero-order valence-corrected chi connectivity index (χ0v) is 17.6. The largest absolute Gasteiger partial charge is 0.340 e. The van der Waals surface area contributed by atoms with E-state index in [4.69, 9.17) is 0 Å². The number of benzene rings is 1. The highest BCUT2D eigenvalue weighted by atomic mass is 32.2. The summed E-state index contributed by atoms with van der Waals surface area (Å²) in [6.45, 7) is 5.60. The van der Waals surface area contributed by atoms with Crippen molar-refractivity contribution in [1.82, 2.24) is 9.21 Å². The van der Waals surface area contributed by atoms with Crippen LogP contribution in [0.2, 0.25) is 0 Å². The molecule has 2 aliphatic rings. The van der Waals surface area contributed by atoms with Gasteiger partial charge in [-0.15, -0.1) is 0 Å². The summed E-state index contributed by atoms with van der Waals surface area (Å²) < 4.78 is 52.6. The first-order chi connectivity index (χ1) is 12.9. The number of aryl methyl sites for hydroxylation is 1. The maximum absolute atomic E-state index is 13.0. The molecule has 2 fully saturated rings. The van der Waals surface area contributed by atoms with Crippen molar-refractivity contribution in [3.05, 3.63) is 23.8 Å². The molecular formula is C17H23N3O6S2. The van der Waals surface area contributed by atoms with Gasteiger partial charge in [0.25, 0.3) is 0 Å². The van der Waals surface area contributed by atoms with E-state index in [9.17, 15) is 26.4 Å². The van der Waals surface area contributed by atoms with Crippen LogP contribution in [0.25, 0.3) is 0 Å². The molecule has 0 radical (unpaired) electrons. The predicted molar refractivity (Wildman–Crippen MR) is 103 cm³/mol. The van der Waals surface area contributed by atoms with Crippen LogP contribution in [0.15, 0.2) is 23.1 Å². The molecule has 28 heavy (non-hydrogen) atoms. The summed E-state index contributed by atoms with van der Waals surface area (Å²) in [6, 6.07) is 4.09. The number of nitrogens with zero attached hydrogens (tertiary/aromatic N) is 3. The molecule has 2 aliphatic heterocycles. The van der Waals surface area contributed by atoms with Crippen LogP contribution in [0.5, 0.6) is 0 Å². The number of rotatable bonds is 3. The second kappa shape index (κ2) is 7.12. The molecule has 0 bridgehead atoms. The molecule has 1 unspecified atom stereocenters. The highest BCUT2D eigenvalue weighted by Gasteiger charge is 2.42. The Kier molecular flexibility index (Phi) is 5.28. The van der Waals surface area contributed by atoms with E-state index in [0.717, 1.165) is 4.31 Å². The molecule has 2 heterocycles. The van der Waals surface area contributed by atoms with Crippen LogP contribution in [-0.4, -0.2) is 69.8 Å². The maximum atomic E-state index is 13.0. The molecule has 2 amide bonds. The molecule has 0 aromatic heterocycles. The third-order valence-corrected chi connectivity index (χ3v) is 8.98. The average Bonchev–Trinajstić information content (AvgIpc) is 2.81. The highest BCUT2D eigenvalue weighted by molar-refractivity contribution is 7.94. The molecule has 2 saturated heterocycles. The van der Waals surface area contributed by atoms with Crippen molar-refractivity contribution in [2.75, 3.05) is 36.2 Å². The zero-order valence-electron chi connectivity index (χ0n) is 16.0. The van der Waals surface area contributed by atoms with Crippen LogP contribution in [0.4, 0.5) is 5.69 Å². The van der Waals surface area contributed by atoms with Gasteiger partial charge in [0.1, 0.15) is 0 Å². The lowest BCUT2D eigenvalue weighted by Crippen LogP contribution is -2.50. The number of hydrogen-bond acceptors (Lipinski definition) is 6. The number of sulfonamides is 2. The van der Waals surface area contributed by atoms with Crippen LogP contribution < -0.4 is 4.31 Å². The summed E-state index contributed by atoms with van der Waals surface area (Å²) in [5, 5.41) is 0. The van der Waals surface area contributed by atoms with Crippen LogP contribution in [0.1, 0.15) is 19.4 Å². The van der Waals surface area contributed by atoms with Gasteiger partial charge < -0.3 is 4.90 Å². The minimum absolute atomic E-state index is 0.0598. The van der Waals surface area contributed by atoms with E-state index in [1.54, 1.807) is 18.7 Å². The van der Waals surface area contributed by atoms with Crippen LogP contribution in [-0.2, 0) is 29.6 Å². The topological polar surface area (TPSA) is 112 Å². The molecule has 0 saturated carbocycles. The van der Waals surface area contributed by atoms with Crippen LogP contribution >= 0.6 is 0 Å². The zero-order chi connectivity index (χ0) is 20.9. The van der Waals surface area contributed by atoms with E-state index in [-0.39, 0.29) is 35.3 Å². The van der Waals surface area contributed by atoms with E-state index in [1.807, 2.05) is 0 Å². The normalized spacial score (nSPS) is 23.2. The molecule has 154 valence electrons. The number of carbonyl (C=O) groups excluding carboxylic acids is 2. The van der Waals surface area contributed by atoms with Crippen molar-refractivity contribution in [2.24, 2.45) is 5.92 Å². The van der Waals surface area contributed by atoms with Gasteiger partial charge in [-0.25, -0.2) is 21.1 Å². The lowest BCUT2D eigenvalue weighted by Gasteiger charge is -2.33. The molecule has 0 spiro atoms. The second-order valence-electron chi connectivity index (χ2n) is 7.14. The Balaban J connectivity index is 1.89. The Morgan fingerprint density at radius 3 is 2.21 bits per heavy atom. The number of piperazine rings is 1. The van der Waals surface area contributed by atoms with Gasteiger partial charge >= 0.3 is 0 Å². The fraction of sp³-hybridized carbons (Fsp3) is 0.529. The standard InChI is InChI=1S/C17H23N3O6S2/c1-12-10-15(20-17(22)13(2)11-27(20,23)24)4-5-16(12)28(25,26)19-8-6-18(7-9-19)14(3)21/h4-5,10,13H,6-9,11H2,1-3H3. The quantitative estimate of drug-likeness (QED) is 0.677. The molecule has 9 nitrogen and oxygen atoms in total. The Labute approximate surface area is 165 Å². The van der Waals surface area contributed by atoms with Crippen molar-refractivity contribution < 1.29 is 26.4 Å². The van der Waals surface area contributed by atoms with Crippen molar-refractivity contribution in [2.45, 2.75) is 25.7 Å². The fourth-order valence-corrected chi connectivity index (χ4v) is 6.96. The van der Waals surface area contributed by atoms with Gasteiger partial charge in [0, 0.05) is 33.1 Å². The molecule has 1 atom stereocenters. The molecular weight excluding hydrogens is 406 g/mol. The first-order valence-electron chi connectivity index (χ1n) is 8.88. The Morgan fingerprint density at radius 2 is 1.75 bits per heavy atom. The summed E-state index contributed by atoms with van der Waals surface area (Å²) in [5.41, 5.74) is 0.501. The maximum Gasteiger partial charge on any atom is 0.244 e. The Morgan fingerprint density at radius 1 is 1.14 bits per heavy atom. The summed E-state index contributed by atoms with van der Waals surface area (Å²) in [6.07, 6.45) is 0. The highest BCUT2D eigenvalue weighted by Crippen LogP contribution is 2.31. The third-order valence-electron chi connectivity index (χ3n) is 5.06. The average molecular weight is 430 g/mol. The lowest BCUT2D eigenvalue weighted by molar-refractivity contribution is -0.130. The second-order valence-corrected chi connectivity index (χ2v) is 10.9. The molecule has 3 rings (SSSR count). The number of anilines is 1. The van der Waals surface area contributed by atoms with Gasteiger partial charge in [-0.3, -0.25) is 9.59 Å². The van der Waals surface area contributed by atoms with Crippen LogP contribution in [0.3, 0.4) is 0 Å². The van der Waals surface area contributed by atoms with Gasteiger partial charge in [0.15, 0.2) is 0 Å². The molecule has 11 heteroatoms. The first kappa shape index (κ1) is 20.7. The van der Waals surface area contributed by atoms with Gasteiger partial charge in [0.05, 0.1) is 22.3 Å². The summed E-state index contributed by atoms with van der Waals surface area (Å²) in [7, 11) is -7.54. The van der Waals surface area contributed by atoms with Gasteiger partial charge in [-0.1, -0.05) is 6.92 Å². The van der Waals surface area contributed by atoms with Gasteiger partial charge in [0.2, 0.25) is 31.9 Å². The molecule has 0 N–H and O–H groups in total. The van der Waals surface area contributed by atoms with E-state index in [1.165, 1.54) is 29.4 Å². The van der Waals surface area contributed by atoms with Crippen molar-refractivity contribution in [3.8, 4) is 0 Å². The molecule has 0 aliphatic carbocycles. The fourth-order valence-electron chi connectivity index (χ4n) is 3.52. The van der Waals surface area contributed by atoms with E-state index in [0.29, 0.717) is 18.7 Å². The summed E-state index contributed by atoms with van der Waals surface area (Å²) >= 11 is 0.